The van der Waals surface area contributed by atoms with E-state index in [0.717, 1.165) is 80.9 Å². The number of hydrogen-bond donors (Lipinski definition) is 1. The monoisotopic (exact) mass is 751 g/mol. The minimum atomic E-state index is 0.123. The summed E-state index contributed by atoms with van der Waals surface area (Å²) in [6.07, 6.45) is 1.94. The lowest BCUT2D eigenvalue weighted by Gasteiger charge is -2.33. The number of rotatable bonds is 3. The van der Waals surface area contributed by atoms with Crippen LogP contribution in [0.1, 0.15) is 33.7 Å². The molecule has 14 rings (SSSR count). The predicted octanol–water partition coefficient (Wildman–Crippen LogP) is 12.7. The number of fused-ring (bicyclic) bond motifs is 16. The lowest BCUT2D eigenvalue weighted by molar-refractivity contribution is 0.669. The Morgan fingerprint density at radius 2 is 1.19 bits per heavy atom. The second kappa shape index (κ2) is 11.6. The highest BCUT2D eigenvalue weighted by Gasteiger charge is 2.40. The summed E-state index contributed by atoms with van der Waals surface area (Å²) in [7, 11) is 0.848. The van der Waals surface area contributed by atoms with Crippen LogP contribution in [-0.2, 0) is 12.8 Å². The topological polar surface area (TPSA) is 38.3 Å². The van der Waals surface area contributed by atoms with Gasteiger partial charge in [-0.25, -0.2) is 0 Å². The number of aryl methyl sites for hydroxylation is 1. The molecule has 1 N–H and O–H groups in total. The highest BCUT2D eigenvalue weighted by molar-refractivity contribution is 6.71. The van der Waals surface area contributed by atoms with Crippen molar-refractivity contribution in [2.75, 3.05) is 5.32 Å². The molecule has 1 atom stereocenters. The van der Waals surface area contributed by atoms with E-state index in [0.29, 0.717) is 0 Å². The highest BCUT2D eigenvalue weighted by Crippen LogP contribution is 2.54. The minimum absolute atomic E-state index is 0.123. The first kappa shape index (κ1) is 31.8. The Morgan fingerprint density at radius 3 is 2.07 bits per heavy atom. The number of nitrogens with one attached hydrogen (secondary N) is 1. The van der Waals surface area contributed by atoms with Gasteiger partial charge in [-0.3, -0.25) is 0 Å². The van der Waals surface area contributed by atoms with Crippen LogP contribution < -0.4 is 16.2 Å². The predicted molar refractivity (Wildman–Crippen MR) is 246 cm³/mol. The molecule has 0 bridgehead atoms. The Kier molecular flexibility index (Phi) is 6.27. The van der Waals surface area contributed by atoms with Gasteiger partial charge in [0.2, 0.25) is 0 Å². The molecule has 3 heterocycles. The van der Waals surface area contributed by atoms with E-state index in [2.05, 4.69) is 163 Å². The van der Waals surface area contributed by atoms with Gasteiger partial charge in [-0.1, -0.05) is 144 Å². The molecular weight excluding hydrogens is 717 g/mol. The maximum absolute atomic E-state index is 7.08. The molecule has 0 saturated heterocycles. The lowest BCUT2D eigenvalue weighted by atomic mass is 9.51. The van der Waals surface area contributed by atoms with Gasteiger partial charge in [0.1, 0.15) is 16.7 Å². The zero-order chi connectivity index (χ0) is 38.3. The van der Waals surface area contributed by atoms with E-state index >= 15 is 0 Å². The van der Waals surface area contributed by atoms with E-state index in [-0.39, 0.29) is 5.92 Å². The van der Waals surface area contributed by atoms with E-state index in [4.69, 9.17) is 8.83 Å². The van der Waals surface area contributed by atoms with Crippen LogP contribution in [0.3, 0.4) is 0 Å². The fourth-order valence-electron chi connectivity index (χ4n) is 11.3. The van der Waals surface area contributed by atoms with Crippen LogP contribution in [0.4, 0.5) is 11.4 Å². The Balaban J connectivity index is 1.11. The van der Waals surface area contributed by atoms with E-state index in [1.165, 1.54) is 77.3 Å². The van der Waals surface area contributed by atoms with Gasteiger partial charge >= 0.3 is 0 Å². The van der Waals surface area contributed by atoms with Crippen LogP contribution in [0.25, 0.3) is 88.0 Å². The second-order valence-corrected chi connectivity index (χ2v) is 16.6. The second-order valence-electron chi connectivity index (χ2n) is 16.6. The quantitative estimate of drug-likeness (QED) is 0.183. The normalized spacial score (nSPS) is 14.6. The van der Waals surface area contributed by atoms with E-state index in [9.17, 15) is 0 Å². The number of para-hydroxylation sites is 3. The van der Waals surface area contributed by atoms with Gasteiger partial charge in [-0.2, -0.15) is 0 Å². The van der Waals surface area contributed by atoms with Crippen molar-refractivity contribution in [3.63, 3.8) is 0 Å². The van der Waals surface area contributed by atoms with E-state index in [1.807, 2.05) is 6.07 Å². The maximum Gasteiger partial charge on any atom is 0.193 e. The average molecular weight is 752 g/mol. The number of hydrogen-bond acceptors (Lipinski definition) is 3. The Morgan fingerprint density at radius 1 is 0.475 bits per heavy atom. The van der Waals surface area contributed by atoms with Crippen molar-refractivity contribution in [2.45, 2.75) is 18.8 Å². The third kappa shape index (κ3) is 4.28. The molecule has 0 spiro atoms. The molecule has 0 radical (unpaired) electrons. The minimum Gasteiger partial charge on any atom is -0.455 e. The SMILES string of the molecule is B1c2cccc3c2C(c2cc4c(c(-c5c(Nc6cccc7c6oc6ccccc67)ccc6c5oc5ccccc56)c21)CCc1ccccc1-4)c1ccc2ccccc2c1-3. The molecular formula is C55H34BNO2. The largest absolute Gasteiger partial charge is 0.455 e. The maximum atomic E-state index is 7.08. The van der Waals surface area contributed by atoms with E-state index < -0.39 is 0 Å². The van der Waals surface area contributed by atoms with Crippen LogP contribution in [0.15, 0.2) is 173 Å². The van der Waals surface area contributed by atoms with Gasteiger partial charge in [0.15, 0.2) is 12.9 Å². The molecule has 59 heavy (non-hydrogen) atoms. The number of benzene rings is 9. The molecule has 274 valence electrons. The van der Waals surface area contributed by atoms with Crippen molar-refractivity contribution in [2.24, 2.45) is 0 Å². The summed E-state index contributed by atoms with van der Waals surface area (Å²) in [5, 5.41) is 11.1. The fraction of sp³-hybridized carbons (Fsp3) is 0.0545. The molecule has 3 nitrogen and oxygen atoms in total. The van der Waals surface area contributed by atoms with Crippen molar-refractivity contribution in [3.05, 3.63) is 192 Å². The number of furan rings is 2. The summed E-state index contributed by atoms with van der Waals surface area (Å²) in [4.78, 5) is 0. The van der Waals surface area contributed by atoms with Crippen molar-refractivity contribution < 1.29 is 8.83 Å². The van der Waals surface area contributed by atoms with Gasteiger partial charge in [-0.05, 0) is 110 Å². The van der Waals surface area contributed by atoms with Crippen molar-refractivity contribution in [1.82, 2.24) is 0 Å². The lowest BCUT2D eigenvalue weighted by Crippen LogP contribution is -2.41. The molecule has 1 aliphatic heterocycles. The van der Waals surface area contributed by atoms with Crippen molar-refractivity contribution >= 4 is 84.2 Å². The zero-order valence-corrected chi connectivity index (χ0v) is 32.1. The average Bonchev–Trinajstić information content (AvgIpc) is 3.97. The molecule has 2 aliphatic carbocycles. The van der Waals surface area contributed by atoms with E-state index in [1.54, 1.807) is 0 Å². The standard InChI is InChI=1S/C55H34BNO2/c1-3-13-32-30(11-1)23-25-36-41(32)29-42-49-40-26-24-31-12-2-4-14-33(31)48(40)39-18-9-19-43(50(39)49)56-53(42)51(36)52-44(28-27-38-35-16-6-8-22-47(35)59-55(38)52)57-45-20-10-17-37-34-15-5-7-21-46(34)58-54(37)45/h1-22,24,26-29,49,56-57H,23,25H2. The highest BCUT2D eigenvalue weighted by atomic mass is 16.3. The van der Waals surface area contributed by atoms with Crippen LogP contribution in [0.2, 0.25) is 0 Å². The van der Waals surface area contributed by atoms with Crippen LogP contribution >= 0.6 is 0 Å². The van der Waals surface area contributed by atoms with Gasteiger partial charge < -0.3 is 14.2 Å². The summed E-state index contributed by atoms with van der Waals surface area (Å²) >= 11 is 0. The Labute approximate surface area is 340 Å². The third-order valence-electron chi connectivity index (χ3n) is 13.7. The van der Waals surface area contributed by atoms with Crippen molar-refractivity contribution in [1.29, 1.82) is 0 Å². The first-order valence-electron chi connectivity index (χ1n) is 20.8. The summed E-state index contributed by atoms with van der Waals surface area (Å²) < 4.78 is 13.7. The van der Waals surface area contributed by atoms with Crippen LogP contribution in [0, 0.1) is 0 Å². The molecule has 9 aromatic carbocycles. The molecule has 0 saturated carbocycles. The van der Waals surface area contributed by atoms with Gasteiger partial charge in [-0.15, -0.1) is 0 Å². The third-order valence-corrected chi connectivity index (χ3v) is 13.7. The summed E-state index contributed by atoms with van der Waals surface area (Å²) in [5.74, 6) is 0.123. The molecule has 3 aliphatic rings. The van der Waals surface area contributed by atoms with Crippen LogP contribution in [-0.4, -0.2) is 7.28 Å². The smallest absolute Gasteiger partial charge is 0.193 e. The zero-order valence-electron chi connectivity index (χ0n) is 32.1. The summed E-state index contributed by atoms with van der Waals surface area (Å²) in [6, 6.07) is 60.1. The number of anilines is 2. The summed E-state index contributed by atoms with van der Waals surface area (Å²) in [6.45, 7) is 0. The summed E-state index contributed by atoms with van der Waals surface area (Å²) in [5.41, 5.74) is 23.3. The molecule has 4 heteroatoms. The molecule has 2 aromatic heterocycles. The Hall–Kier alpha value is -7.30. The van der Waals surface area contributed by atoms with Crippen molar-refractivity contribution in [3.8, 4) is 33.4 Å². The molecule has 1 unspecified atom stereocenters. The van der Waals surface area contributed by atoms with Gasteiger partial charge in [0, 0.05) is 33.0 Å². The molecule has 0 amide bonds. The molecule has 11 aromatic rings. The molecule has 0 fully saturated rings. The fourth-order valence-corrected chi connectivity index (χ4v) is 11.3. The first-order chi connectivity index (χ1) is 29.3. The van der Waals surface area contributed by atoms with Crippen LogP contribution in [0.5, 0.6) is 0 Å². The first-order valence-corrected chi connectivity index (χ1v) is 20.8. The van der Waals surface area contributed by atoms with Gasteiger partial charge in [0.05, 0.1) is 11.4 Å². The van der Waals surface area contributed by atoms with Gasteiger partial charge in [0.25, 0.3) is 0 Å². The Bertz CT molecular complexity index is 3640.